The third-order valence-electron chi connectivity index (χ3n) is 3.96. The van der Waals surface area contributed by atoms with Crippen molar-refractivity contribution in [3.8, 4) is 0 Å². The predicted octanol–water partition coefficient (Wildman–Crippen LogP) is 1.44. The van der Waals surface area contributed by atoms with Crippen LogP contribution in [0.2, 0.25) is 0 Å². The maximum atomic E-state index is 12.4. The first-order valence-electron chi connectivity index (χ1n) is 6.44. The van der Waals surface area contributed by atoms with E-state index in [1.165, 1.54) is 4.74 Å². The molecular formula is C14H18N2O2. The lowest BCUT2D eigenvalue weighted by molar-refractivity contribution is -0.521. The van der Waals surface area contributed by atoms with Crippen LogP contribution in [0.3, 0.4) is 0 Å². The van der Waals surface area contributed by atoms with Gasteiger partial charge in [-0.25, -0.2) is 4.90 Å². The maximum Gasteiger partial charge on any atom is 0.222 e. The average Bonchev–Trinajstić information content (AvgIpc) is 2.77. The summed E-state index contributed by atoms with van der Waals surface area (Å²) in [6.45, 7) is 1.70. The highest BCUT2D eigenvalue weighted by Gasteiger charge is 2.41. The number of fused-ring (bicyclic) bond motifs is 1. The summed E-state index contributed by atoms with van der Waals surface area (Å²) in [6.07, 6.45) is 2.00. The highest BCUT2D eigenvalue weighted by Crippen LogP contribution is 2.25. The van der Waals surface area contributed by atoms with Gasteiger partial charge in [0.1, 0.15) is 0 Å². The van der Waals surface area contributed by atoms with Crippen molar-refractivity contribution in [2.75, 3.05) is 20.2 Å². The summed E-state index contributed by atoms with van der Waals surface area (Å²) in [5.41, 5.74) is 1.92. The van der Waals surface area contributed by atoms with Crippen molar-refractivity contribution < 1.29 is 9.48 Å². The van der Waals surface area contributed by atoms with Gasteiger partial charge in [-0.3, -0.25) is 0 Å². The second-order valence-electron chi connectivity index (χ2n) is 4.97. The molecule has 2 unspecified atom stereocenters. The summed E-state index contributed by atoms with van der Waals surface area (Å²) in [6, 6.07) is 9.94. The first-order chi connectivity index (χ1) is 8.79. The molecule has 3 rings (SSSR count). The summed E-state index contributed by atoms with van der Waals surface area (Å²) in [4.78, 5) is 2.25. The molecule has 18 heavy (non-hydrogen) atoms. The van der Waals surface area contributed by atoms with E-state index in [0.717, 1.165) is 37.2 Å². The number of ether oxygens (including phenoxy) is 1. The van der Waals surface area contributed by atoms with Crippen molar-refractivity contribution in [1.82, 2.24) is 4.90 Å². The van der Waals surface area contributed by atoms with Crippen LogP contribution in [-0.2, 0) is 4.74 Å². The van der Waals surface area contributed by atoms with Gasteiger partial charge in [0.15, 0.2) is 0 Å². The quantitative estimate of drug-likeness (QED) is 0.585. The van der Waals surface area contributed by atoms with Crippen molar-refractivity contribution in [3.63, 3.8) is 0 Å². The number of hydroxylamine groups is 1. The van der Waals surface area contributed by atoms with Crippen LogP contribution in [-0.4, -0.2) is 47.8 Å². The number of methoxy groups -OCH3 is 1. The van der Waals surface area contributed by atoms with Crippen LogP contribution in [0.5, 0.6) is 0 Å². The molecular weight excluding hydrogens is 228 g/mol. The Morgan fingerprint density at radius 1 is 1.33 bits per heavy atom. The molecule has 0 amide bonds. The molecule has 2 atom stereocenters. The van der Waals surface area contributed by atoms with Gasteiger partial charge in [-0.15, -0.1) is 0 Å². The molecule has 0 N–H and O–H groups in total. The number of benzene rings is 1. The molecule has 1 aromatic rings. The number of hydrogen-bond acceptors (Lipinski definition) is 3. The van der Waals surface area contributed by atoms with E-state index in [4.69, 9.17) is 4.74 Å². The second kappa shape index (κ2) is 4.71. The summed E-state index contributed by atoms with van der Waals surface area (Å²) in [7, 11) is 1.73. The lowest BCUT2D eigenvalue weighted by atomic mass is 10.1. The van der Waals surface area contributed by atoms with Crippen molar-refractivity contribution in [2.45, 2.75) is 25.1 Å². The van der Waals surface area contributed by atoms with Gasteiger partial charge in [0, 0.05) is 19.2 Å². The Hall–Kier alpha value is -1.39. The molecule has 0 aliphatic carbocycles. The van der Waals surface area contributed by atoms with E-state index in [1.807, 2.05) is 30.3 Å². The lowest BCUT2D eigenvalue weighted by Crippen LogP contribution is -2.44. The minimum atomic E-state index is -0.0427. The maximum absolute atomic E-state index is 12.4. The first kappa shape index (κ1) is 11.7. The molecule has 0 spiro atoms. The van der Waals surface area contributed by atoms with Gasteiger partial charge in [0.05, 0.1) is 19.1 Å². The Kier molecular flexibility index (Phi) is 3.06. The summed E-state index contributed by atoms with van der Waals surface area (Å²) < 4.78 is 6.57. The van der Waals surface area contributed by atoms with E-state index in [9.17, 15) is 5.21 Å². The molecule has 1 aromatic carbocycles. The molecule has 0 radical (unpaired) electrons. The molecule has 2 heterocycles. The van der Waals surface area contributed by atoms with Crippen LogP contribution in [0.1, 0.15) is 18.4 Å². The van der Waals surface area contributed by atoms with Crippen LogP contribution in [0, 0.1) is 5.21 Å². The highest BCUT2D eigenvalue weighted by atomic mass is 16.5. The standard InChI is InChI=1S/C14H18N2O2/c1-18-12-7-8-15-10-13(16(17)14(15)9-12)11-5-3-2-4-6-11/h2-6,12,14H,7-10H2,1H3. The number of piperidine rings is 1. The fourth-order valence-electron chi connectivity index (χ4n) is 2.89. The fourth-order valence-corrected chi connectivity index (χ4v) is 2.89. The molecule has 4 heteroatoms. The predicted molar refractivity (Wildman–Crippen MR) is 69.6 cm³/mol. The molecule has 0 bridgehead atoms. The lowest BCUT2D eigenvalue weighted by Gasteiger charge is -2.31. The van der Waals surface area contributed by atoms with Gasteiger partial charge in [0.25, 0.3) is 0 Å². The van der Waals surface area contributed by atoms with Crippen LogP contribution in [0.15, 0.2) is 30.3 Å². The van der Waals surface area contributed by atoms with Crippen molar-refractivity contribution in [2.24, 2.45) is 0 Å². The Bertz CT molecular complexity index is 458. The normalized spacial score (nSPS) is 28.5. The Balaban J connectivity index is 1.87. The van der Waals surface area contributed by atoms with Gasteiger partial charge in [-0.1, -0.05) is 18.2 Å². The average molecular weight is 246 g/mol. The van der Waals surface area contributed by atoms with Gasteiger partial charge >= 0.3 is 0 Å². The molecule has 0 saturated carbocycles. The van der Waals surface area contributed by atoms with Crippen LogP contribution in [0.25, 0.3) is 0 Å². The largest absolute Gasteiger partial charge is 0.622 e. The molecule has 1 fully saturated rings. The molecule has 2 aliphatic heterocycles. The van der Waals surface area contributed by atoms with E-state index in [-0.39, 0.29) is 12.3 Å². The van der Waals surface area contributed by atoms with E-state index in [1.54, 1.807) is 7.11 Å². The smallest absolute Gasteiger partial charge is 0.222 e. The fraction of sp³-hybridized carbons (Fsp3) is 0.500. The zero-order valence-corrected chi connectivity index (χ0v) is 10.6. The van der Waals surface area contributed by atoms with E-state index < -0.39 is 0 Å². The van der Waals surface area contributed by atoms with Crippen LogP contribution >= 0.6 is 0 Å². The van der Waals surface area contributed by atoms with Gasteiger partial charge in [0.2, 0.25) is 11.9 Å². The zero-order chi connectivity index (χ0) is 12.5. The van der Waals surface area contributed by atoms with Crippen LogP contribution < -0.4 is 0 Å². The van der Waals surface area contributed by atoms with E-state index >= 15 is 0 Å². The number of rotatable bonds is 2. The first-order valence-corrected chi connectivity index (χ1v) is 6.44. The van der Waals surface area contributed by atoms with Gasteiger partial charge in [-0.2, -0.15) is 4.74 Å². The zero-order valence-electron chi connectivity index (χ0n) is 10.6. The number of nitrogens with zero attached hydrogens (tertiary/aromatic N) is 2. The van der Waals surface area contributed by atoms with E-state index in [0.29, 0.717) is 0 Å². The van der Waals surface area contributed by atoms with Crippen molar-refractivity contribution in [3.05, 3.63) is 41.1 Å². The molecule has 96 valence electrons. The van der Waals surface area contributed by atoms with E-state index in [2.05, 4.69) is 4.90 Å². The van der Waals surface area contributed by atoms with Crippen molar-refractivity contribution in [1.29, 1.82) is 0 Å². The SMILES string of the molecule is COC1CCN2CC(c3ccccc3)=[N+]([O-])C2C1. The Morgan fingerprint density at radius 3 is 2.83 bits per heavy atom. The summed E-state index contributed by atoms with van der Waals surface area (Å²) in [5.74, 6) is 0. The van der Waals surface area contributed by atoms with Gasteiger partial charge in [-0.05, 0) is 18.6 Å². The van der Waals surface area contributed by atoms with Crippen LogP contribution in [0.4, 0.5) is 0 Å². The second-order valence-corrected chi connectivity index (χ2v) is 4.97. The van der Waals surface area contributed by atoms with Crippen molar-refractivity contribution >= 4 is 5.71 Å². The molecule has 2 aliphatic rings. The minimum absolute atomic E-state index is 0.0427. The minimum Gasteiger partial charge on any atom is -0.622 e. The topological polar surface area (TPSA) is 38.5 Å². The molecule has 4 nitrogen and oxygen atoms in total. The Labute approximate surface area is 107 Å². The summed E-state index contributed by atoms with van der Waals surface area (Å²) in [5, 5.41) is 12.4. The monoisotopic (exact) mass is 246 g/mol. The molecule has 0 aromatic heterocycles. The summed E-state index contributed by atoms with van der Waals surface area (Å²) >= 11 is 0. The number of hydrogen-bond donors (Lipinski definition) is 0. The third kappa shape index (κ3) is 1.91. The molecule has 1 saturated heterocycles. The third-order valence-corrected chi connectivity index (χ3v) is 3.96. The Morgan fingerprint density at radius 2 is 2.11 bits per heavy atom. The highest BCUT2D eigenvalue weighted by molar-refractivity contribution is 5.99. The van der Waals surface area contributed by atoms with Gasteiger partial charge < -0.3 is 9.94 Å².